The van der Waals surface area contributed by atoms with Crippen LogP contribution in [0.15, 0.2) is 212 Å². The number of hydrogen-bond acceptors (Lipinski definition) is 2. The molecule has 2 heterocycles. The molecule has 2 aromatic heterocycles. The molecule has 1 N–H and O–H groups in total. The summed E-state index contributed by atoms with van der Waals surface area (Å²) >= 11 is 1.88. The van der Waals surface area contributed by atoms with E-state index < -0.39 is 5.41 Å². The fraction of sp³-hybridized carbons (Fsp3) is 0.0196. The van der Waals surface area contributed by atoms with Crippen LogP contribution in [0.1, 0.15) is 22.3 Å². The van der Waals surface area contributed by atoms with Crippen LogP contribution in [0.3, 0.4) is 0 Å². The number of para-hydroxylation sites is 2. The Balaban J connectivity index is 1.26. The molecule has 256 valence electrons. The SMILES string of the molecule is c1ccc(Nc2ccc(-c3ccc4c(c3)c3sc5ccccc5c3n4-c3ccccc3)cc2C(c2ccccc2)(c2ccccc2)c2ccccc2)cc1. The van der Waals surface area contributed by atoms with Crippen LogP contribution in [-0.4, -0.2) is 4.57 Å². The monoisotopic (exact) mass is 708 g/mol. The number of nitrogens with one attached hydrogen (secondary N) is 1. The minimum atomic E-state index is -0.629. The van der Waals surface area contributed by atoms with Gasteiger partial charge >= 0.3 is 0 Å². The summed E-state index contributed by atoms with van der Waals surface area (Å²) in [6.45, 7) is 0. The Kier molecular flexibility index (Phi) is 7.93. The maximum absolute atomic E-state index is 3.85. The summed E-state index contributed by atoms with van der Waals surface area (Å²) in [5.74, 6) is 0. The molecule has 0 aliphatic rings. The first-order chi connectivity index (χ1) is 26.8. The molecule has 8 aromatic carbocycles. The van der Waals surface area contributed by atoms with E-state index in [2.05, 4.69) is 222 Å². The maximum atomic E-state index is 3.85. The van der Waals surface area contributed by atoms with Gasteiger partial charge in [-0.1, -0.05) is 158 Å². The predicted octanol–water partition coefficient (Wildman–Crippen LogP) is 13.8. The van der Waals surface area contributed by atoms with E-state index in [0.717, 1.165) is 11.4 Å². The van der Waals surface area contributed by atoms with Crippen molar-refractivity contribution in [3.8, 4) is 16.8 Å². The number of thiophene rings is 1. The van der Waals surface area contributed by atoms with Crippen LogP contribution in [0.25, 0.3) is 48.0 Å². The van der Waals surface area contributed by atoms with Crippen LogP contribution in [0, 0.1) is 0 Å². The van der Waals surface area contributed by atoms with E-state index in [1.165, 1.54) is 70.3 Å². The molecule has 0 aliphatic heterocycles. The molecule has 0 saturated carbocycles. The highest BCUT2D eigenvalue weighted by Gasteiger charge is 2.40. The van der Waals surface area contributed by atoms with Gasteiger partial charge in [-0.05, 0) is 88.0 Å². The number of aromatic nitrogens is 1. The first kappa shape index (κ1) is 32.0. The van der Waals surface area contributed by atoms with Crippen LogP contribution in [0.5, 0.6) is 0 Å². The van der Waals surface area contributed by atoms with E-state index in [4.69, 9.17) is 0 Å². The van der Waals surface area contributed by atoms with E-state index in [0.29, 0.717) is 0 Å². The van der Waals surface area contributed by atoms with Gasteiger partial charge in [0.1, 0.15) is 0 Å². The Morgan fingerprint density at radius 2 is 0.963 bits per heavy atom. The topological polar surface area (TPSA) is 17.0 Å². The van der Waals surface area contributed by atoms with E-state index >= 15 is 0 Å². The Labute approximate surface area is 319 Å². The molecule has 10 rings (SSSR count). The van der Waals surface area contributed by atoms with Crippen LogP contribution in [0.2, 0.25) is 0 Å². The minimum Gasteiger partial charge on any atom is -0.355 e. The first-order valence-corrected chi connectivity index (χ1v) is 19.3. The number of hydrogen-bond donors (Lipinski definition) is 1. The summed E-state index contributed by atoms with van der Waals surface area (Å²) in [6.07, 6.45) is 0. The Morgan fingerprint density at radius 1 is 0.444 bits per heavy atom. The highest BCUT2D eigenvalue weighted by molar-refractivity contribution is 7.26. The molecule has 54 heavy (non-hydrogen) atoms. The zero-order chi connectivity index (χ0) is 35.9. The third-order valence-corrected chi connectivity index (χ3v) is 11.9. The lowest BCUT2D eigenvalue weighted by molar-refractivity contribution is 0.747. The third kappa shape index (κ3) is 5.24. The van der Waals surface area contributed by atoms with Crippen molar-refractivity contribution in [3.05, 3.63) is 235 Å². The molecule has 0 aliphatic carbocycles. The van der Waals surface area contributed by atoms with Gasteiger partial charge in [-0.3, -0.25) is 0 Å². The van der Waals surface area contributed by atoms with Crippen LogP contribution >= 0.6 is 11.3 Å². The normalized spacial score (nSPS) is 11.7. The minimum absolute atomic E-state index is 0.629. The van der Waals surface area contributed by atoms with Crippen molar-refractivity contribution in [3.63, 3.8) is 0 Å². The lowest BCUT2D eigenvalue weighted by Crippen LogP contribution is -2.32. The van der Waals surface area contributed by atoms with E-state index in [1.807, 2.05) is 11.3 Å². The number of nitrogens with zero attached hydrogens (tertiary/aromatic N) is 1. The van der Waals surface area contributed by atoms with Gasteiger partial charge < -0.3 is 9.88 Å². The van der Waals surface area contributed by atoms with Gasteiger partial charge in [0.25, 0.3) is 0 Å². The fourth-order valence-corrected chi connectivity index (χ4v) is 9.56. The molecule has 3 heteroatoms. The second kappa shape index (κ2) is 13.4. The molecule has 0 bridgehead atoms. The molecule has 0 unspecified atom stereocenters. The third-order valence-electron chi connectivity index (χ3n) is 10.7. The zero-order valence-electron chi connectivity index (χ0n) is 29.6. The lowest BCUT2D eigenvalue weighted by Gasteiger charge is -2.38. The van der Waals surface area contributed by atoms with Gasteiger partial charge in [-0.15, -0.1) is 11.3 Å². The molecule has 0 amide bonds. The molecular weight excluding hydrogens is 673 g/mol. The largest absolute Gasteiger partial charge is 0.355 e. The summed E-state index contributed by atoms with van der Waals surface area (Å²) in [7, 11) is 0. The summed E-state index contributed by atoms with van der Waals surface area (Å²) in [5, 5.41) is 6.41. The smallest absolute Gasteiger partial charge is 0.0727 e. The molecule has 0 fully saturated rings. The molecular formula is C51H36N2S. The van der Waals surface area contributed by atoms with Gasteiger partial charge in [-0.25, -0.2) is 0 Å². The van der Waals surface area contributed by atoms with Gasteiger partial charge in [0, 0.05) is 32.5 Å². The maximum Gasteiger partial charge on any atom is 0.0727 e. The highest BCUT2D eigenvalue weighted by atomic mass is 32.1. The Bertz CT molecular complexity index is 2780. The molecule has 0 saturated heterocycles. The van der Waals surface area contributed by atoms with Crippen molar-refractivity contribution in [1.29, 1.82) is 0 Å². The molecule has 0 atom stereocenters. The predicted molar refractivity (Wildman–Crippen MR) is 230 cm³/mol. The van der Waals surface area contributed by atoms with Gasteiger partial charge in [0.05, 0.1) is 21.1 Å². The van der Waals surface area contributed by atoms with Gasteiger partial charge in [-0.2, -0.15) is 0 Å². The molecule has 0 spiro atoms. The summed E-state index contributed by atoms with van der Waals surface area (Å²) in [6, 6.07) is 77.0. The van der Waals surface area contributed by atoms with Gasteiger partial charge in [0.15, 0.2) is 0 Å². The quantitative estimate of drug-likeness (QED) is 0.156. The van der Waals surface area contributed by atoms with Crippen LogP contribution in [-0.2, 0) is 5.41 Å². The molecule has 10 aromatic rings. The van der Waals surface area contributed by atoms with Crippen LogP contribution in [0.4, 0.5) is 11.4 Å². The van der Waals surface area contributed by atoms with Crippen molar-refractivity contribution < 1.29 is 0 Å². The Hall–Kier alpha value is -6.68. The lowest BCUT2D eigenvalue weighted by atomic mass is 9.64. The summed E-state index contributed by atoms with van der Waals surface area (Å²) < 4.78 is 5.06. The zero-order valence-corrected chi connectivity index (χ0v) is 30.4. The van der Waals surface area contributed by atoms with Crippen LogP contribution < -0.4 is 5.32 Å². The van der Waals surface area contributed by atoms with Crippen molar-refractivity contribution in [2.45, 2.75) is 5.41 Å². The number of benzene rings is 8. The van der Waals surface area contributed by atoms with E-state index in [9.17, 15) is 0 Å². The van der Waals surface area contributed by atoms with Gasteiger partial charge in [0.2, 0.25) is 0 Å². The second-order valence-corrected chi connectivity index (χ2v) is 14.8. The summed E-state index contributed by atoms with van der Waals surface area (Å²) in [4.78, 5) is 0. The van der Waals surface area contributed by atoms with E-state index in [-0.39, 0.29) is 0 Å². The fourth-order valence-electron chi connectivity index (χ4n) is 8.35. The first-order valence-electron chi connectivity index (χ1n) is 18.4. The van der Waals surface area contributed by atoms with Crippen molar-refractivity contribution in [2.24, 2.45) is 0 Å². The van der Waals surface area contributed by atoms with Crippen molar-refractivity contribution in [1.82, 2.24) is 4.57 Å². The second-order valence-electron chi connectivity index (χ2n) is 13.8. The average Bonchev–Trinajstić information content (AvgIpc) is 3.78. The van der Waals surface area contributed by atoms with Crippen molar-refractivity contribution in [2.75, 3.05) is 5.32 Å². The Morgan fingerprint density at radius 3 is 1.59 bits per heavy atom. The van der Waals surface area contributed by atoms with Crippen molar-refractivity contribution >= 4 is 53.9 Å². The standard InChI is InChI=1S/C51H36N2S/c1-6-18-38(19-7-1)51(39-20-8-2-9-21-39,40-22-10-3-11-23-40)45-35-37(30-32-46(45)52-41-24-12-4-13-25-41)36-31-33-47-44(34-36)50-49(43-28-16-17-29-48(43)54-50)53(47)42-26-14-5-15-27-42/h1-35,52H. The number of rotatable bonds is 8. The molecule has 0 radical (unpaired) electrons. The molecule has 2 nitrogen and oxygen atoms in total. The number of anilines is 2. The highest BCUT2D eigenvalue weighted by Crippen LogP contribution is 2.50. The number of fused-ring (bicyclic) bond motifs is 5. The average molecular weight is 709 g/mol. The summed E-state index contributed by atoms with van der Waals surface area (Å²) in [5.41, 5.74) is 12.3. The van der Waals surface area contributed by atoms with E-state index in [1.54, 1.807) is 0 Å².